The summed E-state index contributed by atoms with van der Waals surface area (Å²) in [4.78, 5) is 11.8. The topological polar surface area (TPSA) is 55.1 Å². The van der Waals surface area contributed by atoms with E-state index in [0.29, 0.717) is 17.8 Å². The van der Waals surface area contributed by atoms with Gasteiger partial charge in [0.1, 0.15) is 0 Å². The summed E-state index contributed by atoms with van der Waals surface area (Å²) in [5, 5.41) is 2.57. The Balaban J connectivity index is 1.88. The number of carbonyl (C=O) groups excluding carboxylic acids is 1. The molecule has 0 atom stereocenters. The molecule has 0 spiro atoms. The number of hydrogen-bond donors (Lipinski definition) is 2. The number of hydrogen-bond acceptors (Lipinski definition) is 2. The van der Waals surface area contributed by atoms with Crippen LogP contribution in [0.4, 0.5) is 24.5 Å². The number of carbonyl (C=O) groups is 1. The summed E-state index contributed by atoms with van der Waals surface area (Å²) in [6.45, 7) is 0. The second-order valence-corrected chi connectivity index (χ2v) is 4.86. The van der Waals surface area contributed by atoms with E-state index in [1.165, 1.54) is 12.1 Å². The van der Waals surface area contributed by atoms with Gasteiger partial charge in [-0.15, -0.1) is 0 Å². The number of nitrogens with two attached hydrogens (primary N) is 1. The maximum atomic E-state index is 12.4. The Morgan fingerprint density at radius 1 is 1.00 bits per heavy atom. The third kappa shape index (κ3) is 4.51. The normalized spacial score (nSPS) is 11.2. The zero-order chi connectivity index (χ0) is 16.2. The van der Waals surface area contributed by atoms with E-state index in [4.69, 9.17) is 5.73 Å². The molecule has 2 aromatic carbocycles. The van der Waals surface area contributed by atoms with Gasteiger partial charge in [0, 0.05) is 17.8 Å². The zero-order valence-electron chi connectivity index (χ0n) is 11.7. The molecule has 0 fully saturated rings. The molecule has 116 valence electrons. The van der Waals surface area contributed by atoms with Gasteiger partial charge in [-0.3, -0.25) is 4.79 Å². The Bertz CT molecular complexity index is 634. The fourth-order valence-electron chi connectivity index (χ4n) is 1.91. The van der Waals surface area contributed by atoms with Crippen molar-refractivity contribution in [3.8, 4) is 0 Å². The second-order valence-electron chi connectivity index (χ2n) is 4.86. The summed E-state index contributed by atoms with van der Waals surface area (Å²) in [6, 6.07) is 11.5. The van der Waals surface area contributed by atoms with E-state index in [-0.39, 0.29) is 12.3 Å². The van der Waals surface area contributed by atoms with Crippen LogP contribution in [0.15, 0.2) is 48.5 Å². The van der Waals surface area contributed by atoms with E-state index in [1.807, 2.05) is 12.1 Å². The molecule has 0 aliphatic heterocycles. The van der Waals surface area contributed by atoms with Gasteiger partial charge < -0.3 is 11.1 Å². The van der Waals surface area contributed by atoms with Gasteiger partial charge in [0.25, 0.3) is 0 Å². The van der Waals surface area contributed by atoms with Gasteiger partial charge in [-0.05, 0) is 48.4 Å². The molecule has 2 aromatic rings. The number of amides is 1. The molecule has 3 nitrogen and oxygen atoms in total. The van der Waals surface area contributed by atoms with Gasteiger partial charge >= 0.3 is 6.18 Å². The van der Waals surface area contributed by atoms with Crippen LogP contribution in [0.2, 0.25) is 0 Å². The van der Waals surface area contributed by atoms with E-state index in [0.717, 1.165) is 17.7 Å². The number of anilines is 2. The molecule has 0 unspecified atom stereocenters. The van der Waals surface area contributed by atoms with Crippen molar-refractivity contribution in [1.82, 2.24) is 0 Å². The van der Waals surface area contributed by atoms with Gasteiger partial charge in [0.2, 0.25) is 5.91 Å². The first kappa shape index (κ1) is 15.9. The van der Waals surface area contributed by atoms with Gasteiger partial charge in [0.05, 0.1) is 5.56 Å². The summed E-state index contributed by atoms with van der Waals surface area (Å²) in [5.74, 6) is -0.253. The molecule has 3 N–H and O–H groups in total. The van der Waals surface area contributed by atoms with Crippen LogP contribution in [0.3, 0.4) is 0 Å². The van der Waals surface area contributed by atoms with Crippen molar-refractivity contribution >= 4 is 17.3 Å². The minimum Gasteiger partial charge on any atom is -0.399 e. The van der Waals surface area contributed by atoms with E-state index >= 15 is 0 Å². The molecule has 0 saturated heterocycles. The molecule has 0 aromatic heterocycles. The molecular weight excluding hydrogens is 293 g/mol. The van der Waals surface area contributed by atoms with Crippen molar-refractivity contribution in [2.75, 3.05) is 11.1 Å². The average Bonchev–Trinajstić information content (AvgIpc) is 2.46. The number of nitrogen functional groups attached to an aromatic ring is 1. The first-order valence-electron chi connectivity index (χ1n) is 6.66. The first-order chi connectivity index (χ1) is 10.3. The number of rotatable bonds is 4. The van der Waals surface area contributed by atoms with Gasteiger partial charge in [-0.2, -0.15) is 13.2 Å². The maximum absolute atomic E-state index is 12.4. The average molecular weight is 308 g/mol. The quantitative estimate of drug-likeness (QED) is 0.843. The lowest BCUT2D eigenvalue weighted by atomic mass is 10.1. The van der Waals surface area contributed by atoms with Crippen molar-refractivity contribution in [1.29, 1.82) is 0 Å². The highest BCUT2D eigenvalue weighted by Crippen LogP contribution is 2.29. The van der Waals surface area contributed by atoms with Crippen LogP contribution in [0.1, 0.15) is 17.5 Å². The van der Waals surface area contributed by atoms with Crippen LogP contribution >= 0.6 is 0 Å². The Morgan fingerprint density at radius 2 is 1.59 bits per heavy atom. The summed E-state index contributed by atoms with van der Waals surface area (Å²) in [6.07, 6.45) is -3.60. The number of nitrogens with one attached hydrogen (secondary N) is 1. The van der Waals surface area contributed by atoms with E-state index in [9.17, 15) is 18.0 Å². The second kappa shape index (κ2) is 6.51. The molecule has 0 bridgehead atoms. The maximum Gasteiger partial charge on any atom is 0.416 e. The first-order valence-corrected chi connectivity index (χ1v) is 6.66. The van der Waals surface area contributed by atoms with Crippen molar-refractivity contribution in [2.24, 2.45) is 0 Å². The molecule has 2 rings (SSSR count). The molecule has 22 heavy (non-hydrogen) atoms. The van der Waals surface area contributed by atoms with Crippen molar-refractivity contribution in [3.05, 3.63) is 59.7 Å². The number of aryl methyl sites for hydroxylation is 1. The van der Waals surface area contributed by atoms with Gasteiger partial charge in [-0.25, -0.2) is 0 Å². The minimum absolute atomic E-state index is 0.241. The Hall–Kier alpha value is -2.50. The highest BCUT2D eigenvalue weighted by atomic mass is 19.4. The standard InChI is InChI=1S/C16H15F3N2O/c17-16(18,19)12-4-8-14(9-5-12)21-15(22)10-3-11-1-6-13(20)7-2-11/h1-2,4-9H,3,10,20H2,(H,21,22). The third-order valence-electron chi connectivity index (χ3n) is 3.12. The van der Waals surface area contributed by atoms with Crippen molar-refractivity contribution in [3.63, 3.8) is 0 Å². The fourth-order valence-corrected chi connectivity index (χ4v) is 1.91. The Kier molecular flexibility index (Phi) is 4.70. The molecule has 0 saturated carbocycles. The van der Waals surface area contributed by atoms with Crippen LogP contribution in [0.25, 0.3) is 0 Å². The monoisotopic (exact) mass is 308 g/mol. The number of halogens is 3. The zero-order valence-corrected chi connectivity index (χ0v) is 11.7. The Labute approximate surface area is 125 Å². The van der Waals surface area contributed by atoms with E-state index < -0.39 is 11.7 Å². The van der Waals surface area contributed by atoms with Crippen LogP contribution in [-0.2, 0) is 17.4 Å². The van der Waals surface area contributed by atoms with Gasteiger partial charge in [-0.1, -0.05) is 12.1 Å². The highest BCUT2D eigenvalue weighted by molar-refractivity contribution is 5.90. The summed E-state index contributed by atoms with van der Waals surface area (Å²) in [5.41, 5.74) is 6.79. The van der Waals surface area contributed by atoms with Crippen LogP contribution < -0.4 is 11.1 Å². The highest BCUT2D eigenvalue weighted by Gasteiger charge is 2.29. The largest absolute Gasteiger partial charge is 0.416 e. The van der Waals surface area contributed by atoms with Gasteiger partial charge in [0.15, 0.2) is 0 Å². The molecule has 6 heteroatoms. The minimum atomic E-state index is -4.38. The summed E-state index contributed by atoms with van der Waals surface area (Å²) < 4.78 is 37.3. The van der Waals surface area contributed by atoms with E-state index in [1.54, 1.807) is 12.1 Å². The molecule has 0 radical (unpaired) electrons. The molecule has 0 aliphatic carbocycles. The number of benzene rings is 2. The summed E-state index contributed by atoms with van der Waals surface area (Å²) >= 11 is 0. The van der Waals surface area contributed by atoms with E-state index in [2.05, 4.69) is 5.32 Å². The van der Waals surface area contributed by atoms with Crippen molar-refractivity contribution in [2.45, 2.75) is 19.0 Å². The summed E-state index contributed by atoms with van der Waals surface area (Å²) in [7, 11) is 0. The lowest BCUT2D eigenvalue weighted by Gasteiger charge is -2.09. The van der Waals surface area contributed by atoms with Crippen LogP contribution in [0, 0.1) is 0 Å². The smallest absolute Gasteiger partial charge is 0.399 e. The predicted octanol–water partition coefficient (Wildman–Crippen LogP) is 3.86. The third-order valence-corrected chi connectivity index (χ3v) is 3.12. The molecule has 1 amide bonds. The molecule has 0 aliphatic rings. The lowest BCUT2D eigenvalue weighted by molar-refractivity contribution is -0.137. The molecular formula is C16H15F3N2O. The Morgan fingerprint density at radius 3 is 2.14 bits per heavy atom. The lowest BCUT2D eigenvalue weighted by Crippen LogP contribution is -2.12. The van der Waals surface area contributed by atoms with Crippen LogP contribution in [-0.4, -0.2) is 5.91 Å². The fraction of sp³-hybridized carbons (Fsp3) is 0.188. The predicted molar refractivity (Wildman–Crippen MR) is 79.2 cm³/mol. The number of alkyl halides is 3. The SMILES string of the molecule is Nc1ccc(CCC(=O)Nc2ccc(C(F)(F)F)cc2)cc1. The van der Waals surface area contributed by atoms with Crippen LogP contribution in [0.5, 0.6) is 0 Å². The molecule has 0 heterocycles. The van der Waals surface area contributed by atoms with Crippen molar-refractivity contribution < 1.29 is 18.0 Å².